The van der Waals surface area contributed by atoms with Crippen molar-refractivity contribution in [2.24, 2.45) is 46.5 Å². The topological polar surface area (TPSA) is 682 Å². The van der Waals surface area contributed by atoms with Gasteiger partial charge in [0, 0.05) is 116 Å². The molecule has 17 aromatic rings. The number of thiazole rings is 5. The predicted molar refractivity (Wildman–Crippen MR) is 590 cm³/mol. The minimum Gasteiger partial charge on any atom is -0.425 e. The van der Waals surface area contributed by atoms with Crippen LogP contribution in [0.25, 0.3) is 73.3 Å². The number of amides is 8. The van der Waals surface area contributed by atoms with E-state index >= 15 is 0 Å². The van der Waals surface area contributed by atoms with Crippen LogP contribution in [0.4, 0.5) is 0 Å². The van der Waals surface area contributed by atoms with Gasteiger partial charge in [-0.15, -0.1) is 110 Å². The second-order valence-electron chi connectivity index (χ2n) is 31.1. The molecule has 7 atom stereocenters. The molecule has 6 unspecified atom stereocenters. The molecule has 42 nitrogen and oxygen atoms in total. The number of nitrogens with one attached hydrogen (secondary N) is 6. The summed E-state index contributed by atoms with van der Waals surface area (Å²) in [5, 5.41) is 74.2. The van der Waals surface area contributed by atoms with Crippen LogP contribution in [0.15, 0.2) is 200 Å². The first-order chi connectivity index (χ1) is 71.6. The maximum atomic E-state index is 12.8. The Morgan fingerprint density at radius 3 is 1.18 bits per heavy atom. The molecule has 4 fully saturated rings. The van der Waals surface area contributed by atoms with Crippen molar-refractivity contribution >= 4 is 286 Å². The van der Waals surface area contributed by atoms with E-state index in [0.29, 0.717) is 127 Å². The molecule has 773 valence electrons. The molecule has 8 amide bonds. The zero-order chi connectivity index (χ0) is 107. The fraction of sp³-hybridized carbons (Fsp3) is 0.222. The molecule has 58 heteroatoms. The summed E-state index contributed by atoms with van der Waals surface area (Å²) >= 11 is 19.7. The number of aromatic amines is 1. The zero-order valence-corrected chi connectivity index (χ0v) is 94.2. The predicted octanol–water partition coefficient (Wildman–Crippen LogP) is 9.89. The number of benzene rings is 8. The number of nitrogens with two attached hydrogens (primary N) is 5. The van der Waals surface area contributed by atoms with Crippen LogP contribution in [-0.2, 0) is 94.0 Å². The summed E-state index contributed by atoms with van der Waals surface area (Å²) in [4.78, 5) is 136. The molecule has 4 aliphatic heterocycles. The average Bonchev–Trinajstić information content (AvgIpc) is 1.65. The third-order valence-corrected chi connectivity index (χ3v) is 27.7. The number of rotatable bonds is 22. The number of hydrogen-bond donors (Lipinski definition) is 15. The van der Waals surface area contributed by atoms with E-state index < -0.39 is 45.2 Å². The summed E-state index contributed by atoms with van der Waals surface area (Å²) in [6.07, 6.45) is 6.02. The minimum atomic E-state index is -1.51. The van der Waals surface area contributed by atoms with E-state index in [0.717, 1.165) is 134 Å². The SMILES string of the molecule is NC(=O)c1ccc(-c2ccc3nc(C(=O)c4nnc(CC5CCNC5=O)o4)sc3c2)cc1.NC(=O)c1ccc(-c2ccc3nc(Cc4nnc(CC5CCNC5=O)o4)sc3c2)cc1.NC(=O)c1ccc(B(O)O)cc1.NNC(=O)Cc1nc2ccc(Br)cc2s1.N[C@H]1CCNC1=O.O=BP.O=C1NCCC1Cc1nnc(Cc2nc3ccc(Br)cc3s2)o1.O=c1[nH]nc(Cc2nc3ccc(Br)cc3s2)o1.OO.[2H]CI.[2H][Si](P)P.[Pd]. The molecule has 148 heavy (non-hydrogen) atoms. The average molecular weight is 2580 g/mol. The Morgan fingerprint density at radius 2 is 0.824 bits per heavy atom. The first-order valence-electron chi connectivity index (χ1n) is 44.7. The van der Waals surface area contributed by atoms with Gasteiger partial charge in [-0.1, -0.05) is 119 Å². The van der Waals surface area contributed by atoms with Crippen molar-refractivity contribution in [1.29, 1.82) is 1.23 Å². The minimum absolute atomic E-state index is 0. The first kappa shape index (κ1) is 116. The number of carbonyl (C=O) groups is 9. The molecule has 0 spiro atoms. The Bertz CT molecular complexity index is 7580. The van der Waals surface area contributed by atoms with E-state index in [-0.39, 0.29) is 97.0 Å². The number of primary amides is 3. The number of ketones is 1. The maximum absolute atomic E-state index is 12.8. The van der Waals surface area contributed by atoms with Gasteiger partial charge in [-0.3, -0.25) is 59.1 Å². The van der Waals surface area contributed by atoms with Gasteiger partial charge in [0.1, 0.15) is 20.0 Å². The number of alkyl halides is 1. The molecule has 4 saturated heterocycles. The van der Waals surface area contributed by atoms with Gasteiger partial charge in [0.2, 0.25) is 82.6 Å². The van der Waals surface area contributed by atoms with Crippen LogP contribution in [-0.4, -0.2) is 200 Å². The van der Waals surface area contributed by atoms with Crippen LogP contribution >= 0.6 is 154 Å². The van der Waals surface area contributed by atoms with Gasteiger partial charge in [-0.25, -0.2) is 40.7 Å². The third kappa shape index (κ3) is 35.3. The summed E-state index contributed by atoms with van der Waals surface area (Å²) in [6, 6.07) is 49.2. The Hall–Kier alpha value is -11.0. The zero-order valence-electron chi connectivity index (χ0n) is 79.1. The number of carbonyl (C=O) groups excluding carboxylic acids is 9. The number of fused-ring (bicyclic) bond motifs is 5. The number of nitrogens with zero attached hydrogens (tertiary/aromatic N) is 12. The molecule has 20 N–H and O–H groups in total. The third-order valence-electron chi connectivity index (χ3n) is 21.1. The molecule has 0 bridgehead atoms. The van der Waals surface area contributed by atoms with E-state index in [1.54, 1.807) is 58.3 Å². The summed E-state index contributed by atoms with van der Waals surface area (Å²) in [5.41, 5.74) is 32.8. The van der Waals surface area contributed by atoms with Gasteiger partial charge in [-0.05, 0) is 174 Å². The van der Waals surface area contributed by atoms with Crippen molar-refractivity contribution in [2.75, 3.05) is 31.1 Å². The molecule has 1 radical (unpaired) electrons. The summed E-state index contributed by atoms with van der Waals surface area (Å²) in [6.45, 7) is 3.48. The number of hydrazine groups is 1. The first-order valence-corrected chi connectivity index (χ1v) is 56.8. The van der Waals surface area contributed by atoms with Gasteiger partial charge in [-0.2, -0.15) is 0 Å². The summed E-state index contributed by atoms with van der Waals surface area (Å²) in [5.74, 6) is 4.56. The number of hydrogen-bond acceptors (Lipinski definition) is 38. The molecule has 13 heterocycles. The van der Waals surface area contributed by atoms with E-state index in [9.17, 15) is 47.9 Å². The maximum Gasteiger partial charge on any atom is 0.434 e. The van der Waals surface area contributed by atoms with Crippen molar-refractivity contribution in [3.63, 3.8) is 0 Å². The summed E-state index contributed by atoms with van der Waals surface area (Å²) in [7, 11) is 4.37. The Kier molecular flexibility index (Phi) is 46.6. The van der Waals surface area contributed by atoms with Crippen molar-refractivity contribution in [1.82, 2.24) is 92.4 Å². The number of H-pyrrole nitrogens is 1. The van der Waals surface area contributed by atoms with Crippen LogP contribution in [0.2, 0.25) is 0 Å². The Balaban J connectivity index is 0.000000182. The normalized spacial score (nSPS) is 14.6. The molecule has 0 saturated carbocycles. The van der Waals surface area contributed by atoms with Crippen LogP contribution in [0.5, 0.6) is 0 Å². The number of aromatic nitrogens is 13. The Labute approximate surface area is 926 Å². The molecule has 4 aliphatic rings. The molecule has 8 aromatic carbocycles. The fourth-order valence-corrected chi connectivity index (χ4v) is 20.5. The summed E-state index contributed by atoms with van der Waals surface area (Å²) < 4.78 is 51.6. The largest absolute Gasteiger partial charge is 0.434 e. The molecular formula is C90H91B2Br3IN23O19P3PdS5Si. The second kappa shape index (κ2) is 59.6. The monoisotopic (exact) mass is 2570 g/mol. The Morgan fingerprint density at radius 1 is 0.493 bits per heavy atom. The van der Waals surface area contributed by atoms with Gasteiger partial charge in [0.05, 0.1) is 91.6 Å². The van der Waals surface area contributed by atoms with Crippen molar-refractivity contribution < 1.29 is 108 Å². The van der Waals surface area contributed by atoms with E-state index in [2.05, 4.69) is 170 Å². The van der Waals surface area contributed by atoms with Crippen LogP contribution in [0, 0.1) is 17.8 Å². The van der Waals surface area contributed by atoms with Crippen molar-refractivity contribution in [3.8, 4) is 22.3 Å². The van der Waals surface area contributed by atoms with E-state index in [1.807, 2.05) is 135 Å². The second-order valence-corrected chi connectivity index (χ2v) is 44.0. The molecule has 9 aromatic heterocycles. The van der Waals surface area contributed by atoms with E-state index in [1.165, 1.54) is 46.9 Å². The van der Waals surface area contributed by atoms with Crippen LogP contribution in [0.1, 0.15) is 129 Å². The quantitative estimate of drug-likeness (QED) is 0.00345. The number of halogens is 4. The van der Waals surface area contributed by atoms with Crippen molar-refractivity contribution in [2.45, 2.75) is 76.7 Å². The molecule has 0 aliphatic carbocycles. The van der Waals surface area contributed by atoms with Gasteiger partial charge in [0.25, 0.3) is 11.7 Å². The molecular weight excluding hydrogens is 2480 g/mol. The van der Waals surface area contributed by atoms with Crippen molar-refractivity contribution in [3.05, 3.63) is 271 Å². The van der Waals surface area contributed by atoms with Crippen LogP contribution < -0.4 is 66.7 Å². The molecule has 21 rings (SSSR count). The van der Waals surface area contributed by atoms with Gasteiger partial charge in [0.15, 0.2) is 5.01 Å². The van der Waals surface area contributed by atoms with Gasteiger partial charge >= 0.3 is 33.6 Å². The van der Waals surface area contributed by atoms with Gasteiger partial charge < -0.3 is 71.9 Å². The fourth-order valence-electron chi connectivity index (χ4n) is 14.0. The smallest absolute Gasteiger partial charge is 0.425 e. The van der Waals surface area contributed by atoms with E-state index in [4.69, 9.17) is 74.3 Å². The van der Waals surface area contributed by atoms with Crippen LogP contribution in [0.3, 0.4) is 0 Å². The standard InChI is InChI=1S/C22H17N5O4S.C22H19N5O3S.C15H13BrN4O2S.C10H6BrN3O2S.C9H8BrN3OS.C7H8BNO3.C4H8N2O.CH3I.BH2OP.H2O2.H5P2Si.Pd/c23-19(29)12-3-1-11(2-4-12)13-5-6-15-16(9-13)32-22(25-15)18(28)21-27-26-17(31-21)10-14-7-8-24-20(14)30;23-21(28)13-3-1-12(2-4-13)14-5-6-16-17(9-14)31-20(25-16)11-19-27-26-18(30-19)10-15-7-8-24-22(15)29;16-9-1-2-10-11(6-9)23-14(18-10)7-13-20-19-12(22-13)5-8-3-4-17-15(8)21;11-5-1-2-6-7(3-5)17-9(12-6)4-8-13-14-10(15)16-8;10-5-1-2-6-7(3-5)15-9(12-6)4-8(14)13-11;9-7(10)5-1-3-6(4-2-5)8(11)12;5-3-1-2-6-4(3)7;1-2;2-1-3;1-2;1-3-2;/h1-6,9,14H,7-8,10H2,(H2,23,29)(H,24,30);1-6,9,15H,7-8,10-11H2,(H2,23,28)(H,24,29);1-2,6,8H,3-5,7H2,(H,17,21);1-3H,4H2,(H,14,15);1-3H,4,11H2,(H,13,14);1-4,11-12H,(H2,9,10);3H,1-2,5H2,(H,6,7);1H3;3H2;1-2H;3H,1-2H2;/t;;;;;;3-;;;;;/m......0...../s1/i;;;;;;;1D;;;3D;.